The molecule has 1 rings (SSSR count). The zero-order valence-corrected chi connectivity index (χ0v) is 9.12. The first-order chi connectivity index (χ1) is 6.65. The summed E-state index contributed by atoms with van der Waals surface area (Å²) >= 11 is 0. The predicted molar refractivity (Wildman–Crippen MR) is 58.0 cm³/mol. The summed E-state index contributed by atoms with van der Waals surface area (Å²) in [5.41, 5.74) is 0. The van der Waals surface area contributed by atoms with E-state index in [-0.39, 0.29) is 11.8 Å². The quantitative estimate of drug-likeness (QED) is 0.683. The van der Waals surface area contributed by atoms with Gasteiger partial charge in [0.05, 0.1) is 0 Å². The Morgan fingerprint density at radius 1 is 1.71 bits per heavy atom. The van der Waals surface area contributed by atoms with Gasteiger partial charge in [-0.1, -0.05) is 6.08 Å². The average Bonchev–Trinajstić information content (AvgIpc) is 2.17. The molecule has 1 aliphatic heterocycles. The highest BCUT2D eigenvalue weighted by Gasteiger charge is 2.26. The number of hydrogen-bond donors (Lipinski definition) is 1. The third-order valence-electron chi connectivity index (χ3n) is 2.75. The highest BCUT2D eigenvalue weighted by Crippen LogP contribution is 2.18. The van der Waals surface area contributed by atoms with Gasteiger partial charge in [-0.05, 0) is 26.3 Å². The molecule has 2 atom stereocenters. The molecule has 14 heavy (non-hydrogen) atoms. The smallest absolute Gasteiger partial charge is 0.225 e. The summed E-state index contributed by atoms with van der Waals surface area (Å²) < 4.78 is 0. The molecule has 2 unspecified atom stereocenters. The van der Waals surface area contributed by atoms with Gasteiger partial charge in [-0.15, -0.1) is 6.58 Å². The fraction of sp³-hybridized carbons (Fsp3) is 0.727. The Kier molecular flexibility index (Phi) is 4.14. The third kappa shape index (κ3) is 2.84. The van der Waals surface area contributed by atoms with Crippen LogP contribution in [0.1, 0.15) is 19.8 Å². The number of rotatable bonds is 3. The lowest BCUT2D eigenvalue weighted by Gasteiger charge is -2.29. The molecule has 1 fully saturated rings. The molecule has 0 aliphatic carbocycles. The lowest BCUT2D eigenvalue weighted by molar-refractivity contribution is -0.134. The molecule has 0 radical (unpaired) electrons. The number of hydrogen-bond acceptors (Lipinski definition) is 2. The summed E-state index contributed by atoms with van der Waals surface area (Å²) in [4.78, 5) is 13.6. The van der Waals surface area contributed by atoms with Crippen molar-refractivity contribution in [3.05, 3.63) is 12.7 Å². The molecule has 3 heteroatoms. The molecule has 3 nitrogen and oxygen atoms in total. The molecule has 1 heterocycles. The van der Waals surface area contributed by atoms with Crippen LogP contribution in [-0.2, 0) is 4.79 Å². The van der Waals surface area contributed by atoms with Crippen molar-refractivity contribution in [2.75, 3.05) is 20.1 Å². The maximum absolute atomic E-state index is 11.9. The second-order valence-corrected chi connectivity index (χ2v) is 4.08. The number of nitrogens with zero attached hydrogens (tertiary/aromatic N) is 1. The van der Waals surface area contributed by atoms with E-state index in [0.717, 1.165) is 19.4 Å². The average molecular weight is 196 g/mol. The van der Waals surface area contributed by atoms with E-state index in [1.54, 1.807) is 11.0 Å². The van der Waals surface area contributed by atoms with Crippen molar-refractivity contribution in [2.24, 2.45) is 5.92 Å². The molecular weight excluding hydrogens is 176 g/mol. The number of carbonyl (C=O) groups excluding carboxylic acids is 1. The van der Waals surface area contributed by atoms with Gasteiger partial charge in [0, 0.05) is 25.6 Å². The number of likely N-dealkylation sites (N-methyl/N-ethyl adjacent to an activating group) is 1. The molecule has 0 bridgehead atoms. The molecular formula is C11H20N2O. The fourth-order valence-corrected chi connectivity index (χ4v) is 1.95. The Morgan fingerprint density at radius 3 is 3.00 bits per heavy atom. The van der Waals surface area contributed by atoms with Crippen LogP contribution >= 0.6 is 0 Å². The fourth-order valence-electron chi connectivity index (χ4n) is 1.95. The van der Waals surface area contributed by atoms with Gasteiger partial charge in [0.25, 0.3) is 0 Å². The first-order valence-electron chi connectivity index (χ1n) is 5.24. The lowest BCUT2D eigenvalue weighted by atomic mass is 9.92. The van der Waals surface area contributed by atoms with Gasteiger partial charge in [-0.25, -0.2) is 0 Å². The van der Waals surface area contributed by atoms with Crippen molar-refractivity contribution in [2.45, 2.75) is 25.8 Å². The van der Waals surface area contributed by atoms with Gasteiger partial charge < -0.3 is 10.2 Å². The van der Waals surface area contributed by atoms with E-state index in [0.29, 0.717) is 12.6 Å². The lowest BCUT2D eigenvalue weighted by Crippen LogP contribution is -2.43. The zero-order valence-electron chi connectivity index (χ0n) is 9.12. The Labute approximate surface area is 86.2 Å². The van der Waals surface area contributed by atoms with E-state index in [1.165, 1.54) is 0 Å². The second kappa shape index (κ2) is 5.15. The molecule has 1 saturated heterocycles. The molecule has 1 amide bonds. The van der Waals surface area contributed by atoms with E-state index in [4.69, 9.17) is 0 Å². The summed E-state index contributed by atoms with van der Waals surface area (Å²) in [6.45, 7) is 7.38. The van der Waals surface area contributed by atoms with Crippen LogP contribution < -0.4 is 5.32 Å². The van der Waals surface area contributed by atoms with Gasteiger partial charge in [0.2, 0.25) is 5.91 Å². The topological polar surface area (TPSA) is 32.3 Å². The number of amides is 1. The largest absolute Gasteiger partial charge is 0.342 e. The first kappa shape index (κ1) is 11.2. The zero-order chi connectivity index (χ0) is 10.6. The summed E-state index contributed by atoms with van der Waals surface area (Å²) in [6.07, 6.45) is 3.69. The number of piperidine rings is 1. The SMILES string of the molecule is C=CCN(C)C(=O)C1CCNC(C)C1. The van der Waals surface area contributed by atoms with Crippen molar-refractivity contribution < 1.29 is 4.79 Å². The van der Waals surface area contributed by atoms with Crippen LogP contribution in [0.5, 0.6) is 0 Å². The highest BCUT2D eigenvalue weighted by atomic mass is 16.2. The van der Waals surface area contributed by atoms with Crippen LogP contribution in [0.3, 0.4) is 0 Å². The Bertz CT molecular complexity index is 215. The predicted octanol–water partition coefficient (Wildman–Crippen LogP) is 1.02. The van der Waals surface area contributed by atoms with E-state index in [2.05, 4.69) is 18.8 Å². The second-order valence-electron chi connectivity index (χ2n) is 4.08. The minimum absolute atomic E-state index is 0.205. The third-order valence-corrected chi connectivity index (χ3v) is 2.75. The van der Waals surface area contributed by atoms with Crippen LogP contribution in [0.2, 0.25) is 0 Å². The van der Waals surface area contributed by atoms with Gasteiger partial charge in [-0.2, -0.15) is 0 Å². The molecule has 0 saturated carbocycles. The number of nitrogens with one attached hydrogen (secondary N) is 1. The van der Waals surface area contributed by atoms with Crippen LogP contribution in [0.25, 0.3) is 0 Å². The Hall–Kier alpha value is -0.830. The molecule has 0 aromatic rings. The van der Waals surface area contributed by atoms with Crippen molar-refractivity contribution in [1.29, 1.82) is 0 Å². The van der Waals surface area contributed by atoms with Gasteiger partial charge in [-0.3, -0.25) is 4.79 Å². The van der Waals surface area contributed by atoms with Crippen LogP contribution in [0.4, 0.5) is 0 Å². The van der Waals surface area contributed by atoms with E-state index >= 15 is 0 Å². The molecule has 80 valence electrons. The Morgan fingerprint density at radius 2 is 2.43 bits per heavy atom. The van der Waals surface area contributed by atoms with Crippen molar-refractivity contribution in [1.82, 2.24) is 10.2 Å². The molecule has 1 aliphatic rings. The van der Waals surface area contributed by atoms with Crippen LogP contribution in [-0.4, -0.2) is 37.0 Å². The maximum Gasteiger partial charge on any atom is 0.225 e. The van der Waals surface area contributed by atoms with Crippen LogP contribution in [0, 0.1) is 5.92 Å². The van der Waals surface area contributed by atoms with Crippen LogP contribution in [0.15, 0.2) is 12.7 Å². The van der Waals surface area contributed by atoms with Crippen molar-refractivity contribution in [3.63, 3.8) is 0 Å². The van der Waals surface area contributed by atoms with E-state index < -0.39 is 0 Å². The summed E-state index contributed by atoms with van der Waals surface area (Å²) in [7, 11) is 1.84. The monoisotopic (exact) mass is 196 g/mol. The minimum atomic E-state index is 0.205. The maximum atomic E-state index is 11.9. The summed E-state index contributed by atoms with van der Waals surface area (Å²) in [5.74, 6) is 0.467. The highest BCUT2D eigenvalue weighted by molar-refractivity contribution is 5.78. The minimum Gasteiger partial charge on any atom is -0.342 e. The molecule has 0 spiro atoms. The van der Waals surface area contributed by atoms with E-state index in [1.807, 2.05) is 7.05 Å². The van der Waals surface area contributed by atoms with Gasteiger partial charge >= 0.3 is 0 Å². The van der Waals surface area contributed by atoms with Crippen molar-refractivity contribution >= 4 is 5.91 Å². The first-order valence-corrected chi connectivity index (χ1v) is 5.24. The normalized spacial score (nSPS) is 27.0. The van der Waals surface area contributed by atoms with Gasteiger partial charge in [0.1, 0.15) is 0 Å². The van der Waals surface area contributed by atoms with E-state index in [9.17, 15) is 4.79 Å². The molecule has 0 aromatic heterocycles. The summed E-state index contributed by atoms with van der Waals surface area (Å²) in [6, 6.07) is 0.467. The standard InChI is InChI=1S/C11H20N2O/c1-4-7-13(3)11(14)10-5-6-12-9(2)8-10/h4,9-10,12H,1,5-8H2,2-3H3. The number of carbonyl (C=O) groups is 1. The Balaban J connectivity index is 2.46. The van der Waals surface area contributed by atoms with Gasteiger partial charge in [0.15, 0.2) is 0 Å². The molecule has 0 aromatic carbocycles. The van der Waals surface area contributed by atoms with Crippen molar-refractivity contribution in [3.8, 4) is 0 Å². The summed E-state index contributed by atoms with van der Waals surface area (Å²) in [5, 5.41) is 3.35. The molecule has 1 N–H and O–H groups in total.